The van der Waals surface area contributed by atoms with E-state index in [1.165, 1.54) is 0 Å². The molecule has 0 bridgehead atoms. The van der Waals surface area contributed by atoms with Gasteiger partial charge in [-0.25, -0.2) is 14.8 Å². The van der Waals surface area contributed by atoms with E-state index >= 15 is 0 Å². The molecule has 1 unspecified atom stereocenters. The summed E-state index contributed by atoms with van der Waals surface area (Å²) >= 11 is 6.21. The van der Waals surface area contributed by atoms with Crippen LogP contribution in [0.25, 0.3) is 0 Å². The highest BCUT2D eigenvalue weighted by molar-refractivity contribution is 6.31. The van der Waals surface area contributed by atoms with E-state index in [0.717, 1.165) is 23.1 Å². The Balaban J connectivity index is 1.63. The zero-order valence-corrected chi connectivity index (χ0v) is 22.0. The standard InChI is InChI=1S/C27H34ClN5O3/c1-5-18(2)25-26(35)31(15-21-11-12-22(28)19(3)13-21)16-23-32(25)24(34)17-30(4)33(23)27(36)29-14-20-9-7-6-8-10-20/h6-13,18,23,25H,5,14-17H2,1-4H3,(H,29,36)/t18?,23-,25-/m0/s1. The molecule has 9 heteroatoms. The van der Waals surface area contributed by atoms with Crippen molar-refractivity contribution in [1.82, 2.24) is 25.1 Å². The quantitative estimate of drug-likeness (QED) is 0.642. The molecule has 0 radical (unpaired) electrons. The third-order valence-electron chi connectivity index (χ3n) is 7.14. The van der Waals surface area contributed by atoms with Crippen LogP contribution in [0.1, 0.15) is 37.0 Å². The number of hydrazine groups is 1. The van der Waals surface area contributed by atoms with Gasteiger partial charge in [0.2, 0.25) is 11.8 Å². The van der Waals surface area contributed by atoms with Gasteiger partial charge in [-0.1, -0.05) is 74.3 Å². The molecule has 1 N–H and O–H groups in total. The molecule has 36 heavy (non-hydrogen) atoms. The zero-order valence-electron chi connectivity index (χ0n) is 21.3. The molecule has 0 spiro atoms. The lowest BCUT2D eigenvalue weighted by atomic mass is 9.92. The van der Waals surface area contributed by atoms with Gasteiger partial charge in [-0.15, -0.1) is 0 Å². The number of hydrogen-bond acceptors (Lipinski definition) is 4. The van der Waals surface area contributed by atoms with Crippen molar-refractivity contribution in [2.24, 2.45) is 5.92 Å². The number of urea groups is 1. The van der Waals surface area contributed by atoms with Gasteiger partial charge in [0.15, 0.2) is 0 Å². The van der Waals surface area contributed by atoms with Crippen LogP contribution in [-0.4, -0.2) is 70.0 Å². The SMILES string of the molecule is CCC(C)[C@H]1C(=O)N(Cc2ccc(Cl)c(C)c2)C[C@H]2N1C(=O)CN(C)N2C(=O)NCc1ccccc1. The average molecular weight is 512 g/mol. The van der Waals surface area contributed by atoms with E-state index in [1.807, 2.05) is 69.3 Å². The molecule has 8 nitrogen and oxygen atoms in total. The van der Waals surface area contributed by atoms with Gasteiger partial charge in [-0.3, -0.25) is 9.59 Å². The van der Waals surface area contributed by atoms with Crippen LogP contribution in [-0.2, 0) is 22.7 Å². The number of hydrogen-bond donors (Lipinski definition) is 1. The second-order valence-corrected chi connectivity index (χ2v) is 10.1. The minimum Gasteiger partial charge on any atom is -0.333 e. The van der Waals surface area contributed by atoms with Gasteiger partial charge in [-0.05, 0) is 35.6 Å². The summed E-state index contributed by atoms with van der Waals surface area (Å²) < 4.78 is 0. The number of piperazine rings is 1. The summed E-state index contributed by atoms with van der Waals surface area (Å²) in [6.07, 6.45) is 0.133. The van der Waals surface area contributed by atoms with Crippen LogP contribution >= 0.6 is 11.6 Å². The summed E-state index contributed by atoms with van der Waals surface area (Å²) in [5, 5.41) is 6.90. The molecule has 2 aromatic rings. The molecule has 2 fully saturated rings. The molecule has 2 aromatic carbocycles. The second-order valence-electron chi connectivity index (χ2n) is 9.72. The first-order valence-electron chi connectivity index (χ1n) is 12.4. The van der Waals surface area contributed by atoms with Crippen LogP contribution < -0.4 is 5.32 Å². The molecule has 0 aliphatic carbocycles. The normalized spacial score (nSPS) is 21.4. The summed E-state index contributed by atoms with van der Waals surface area (Å²) in [6.45, 7) is 6.94. The van der Waals surface area contributed by atoms with Crippen molar-refractivity contribution in [2.75, 3.05) is 20.1 Å². The topological polar surface area (TPSA) is 76.2 Å². The molecule has 192 valence electrons. The maximum atomic E-state index is 13.7. The van der Waals surface area contributed by atoms with Crippen LogP contribution in [0.15, 0.2) is 48.5 Å². The van der Waals surface area contributed by atoms with Gasteiger partial charge in [-0.2, -0.15) is 0 Å². The Hall–Kier alpha value is -3.10. The average Bonchev–Trinajstić information content (AvgIpc) is 2.86. The summed E-state index contributed by atoms with van der Waals surface area (Å²) in [5.74, 6) is -0.290. The van der Waals surface area contributed by atoms with Crippen molar-refractivity contribution in [1.29, 1.82) is 0 Å². The Morgan fingerprint density at radius 3 is 2.53 bits per heavy atom. The predicted molar refractivity (Wildman–Crippen MR) is 139 cm³/mol. The number of aryl methyl sites for hydroxylation is 1. The summed E-state index contributed by atoms with van der Waals surface area (Å²) in [7, 11) is 1.74. The maximum absolute atomic E-state index is 13.7. The lowest BCUT2D eigenvalue weighted by molar-refractivity contribution is -0.190. The van der Waals surface area contributed by atoms with Crippen molar-refractivity contribution in [3.05, 3.63) is 70.2 Å². The number of halogens is 1. The number of carbonyl (C=O) groups is 3. The van der Waals surface area contributed by atoms with Crippen molar-refractivity contribution in [2.45, 2.75) is 52.5 Å². The molecule has 2 heterocycles. The first-order valence-corrected chi connectivity index (χ1v) is 12.8. The third-order valence-corrected chi connectivity index (χ3v) is 7.57. The lowest BCUT2D eigenvalue weighted by Crippen LogP contribution is -2.76. The number of benzene rings is 2. The minimum absolute atomic E-state index is 0.0336. The highest BCUT2D eigenvalue weighted by Crippen LogP contribution is 2.31. The van der Waals surface area contributed by atoms with Gasteiger partial charge >= 0.3 is 6.03 Å². The second kappa shape index (κ2) is 10.9. The molecule has 2 saturated heterocycles. The number of nitrogens with zero attached hydrogens (tertiary/aromatic N) is 4. The van der Waals surface area contributed by atoms with Crippen molar-refractivity contribution in [3.8, 4) is 0 Å². The van der Waals surface area contributed by atoms with Crippen LogP contribution in [0.4, 0.5) is 4.79 Å². The van der Waals surface area contributed by atoms with Crippen LogP contribution in [0.5, 0.6) is 0 Å². The fourth-order valence-corrected chi connectivity index (χ4v) is 5.14. The molecule has 0 saturated carbocycles. The smallest absolute Gasteiger partial charge is 0.333 e. The van der Waals surface area contributed by atoms with E-state index in [4.69, 9.17) is 11.6 Å². The number of amides is 4. The molecular formula is C27H34ClN5O3. The van der Waals surface area contributed by atoms with E-state index in [9.17, 15) is 14.4 Å². The highest BCUT2D eigenvalue weighted by atomic mass is 35.5. The van der Waals surface area contributed by atoms with E-state index < -0.39 is 12.2 Å². The number of rotatable bonds is 6. The number of carbonyl (C=O) groups excluding carboxylic acids is 3. The van der Waals surface area contributed by atoms with Gasteiger partial charge in [0.1, 0.15) is 12.2 Å². The van der Waals surface area contributed by atoms with E-state index in [0.29, 0.717) is 18.1 Å². The van der Waals surface area contributed by atoms with Gasteiger partial charge in [0.05, 0.1) is 13.1 Å². The van der Waals surface area contributed by atoms with Gasteiger partial charge in [0.25, 0.3) is 0 Å². The number of likely N-dealkylation sites (N-methyl/N-ethyl adjacent to an activating group) is 1. The van der Waals surface area contributed by atoms with Gasteiger partial charge < -0.3 is 15.1 Å². The van der Waals surface area contributed by atoms with Crippen molar-refractivity contribution >= 4 is 29.4 Å². The largest absolute Gasteiger partial charge is 0.334 e. The summed E-state index contributed by atoms with van der Waals surface area (Å²) in [6, 6.07) is 14.5. The minimum atomic E-state index is -0.632. The Bertz CT molecular complexity index is 1130. The van der Waals surface area contributed by atoms with Crippen LogP contribution in [0.2, 0.25) is 5.02 Å². The highest BCUT2D eigenvalue weighted by Gasteiger charge is 2.51. The Kier molecular flexibility index (Phi) is 7.85. The van der Waals surface area contributed by atoms with Crippen LogP contribution in [0.3, 0.4) is 0 Å². The molecular weight excluding hydrogens is 478 g/mol. The lowest BCUT2D eigenvalue weighted by Gasteiger charge is -2.55. The molecule has 2 aliphatic heterocycles. The Labute approximate surface area is 217 Å². The first kappa shape index (κ1) is 26.0. The Morgan fingerprint density at radius 2 is 1.86 bits per heavy atom. The fourth-order valence-electron chi connectivity index (χ4n) is 5.02. The van der Waals surface area contributed by atoms with Crippen molar-refractivity contribution < 1.29 is 14.4 Å². The molecule has 2 aliphatic rings. The zero-order chi connectivity index (χ0) is 26.0. The molecule has 4 rings (SSSR count). The maximum Gasteiger partial charge on any atom is 0.334 e. The first-order chi connectivity index (χ1) is 17.2. The van der Waals surface area contributed by atoms with Crippen molar-refractivity contribution in [3.63, 3.8) is 0 Å². The van der Waals surface area contributed by atoms with E-state index in [-0.39, 0.29) is 36.9 Å². The van der Waals surface area contributed by atoms with E-state index in [1.54, 1.807) is 26.9 Å². The summed E-state index contributed by atoms with van der Waals surface area (Å²) in [5.41, 5.74) is 2.87. The number of fused-ring (bicyclic) bond motifs is 1. The Morgan fingerprint density at radius 1 is 1.14 bits per heavy atom. The fraction of sp³-hybridized carbons (Fsp3) is 0.444. The van der Waals surface area contributed by atoms with Crippen LogP contribution in [0, 0.1) is 12.8 Å². The van der Waals surface area contributed by atoms with E-state index in [2.05, 4.69) is 5.32 Å². The summed E-state index contributed by atoms with van der Waals surface area (Å²) in [4.78, 5) is 43.8. The van der Waals surface area contributed by atoms with Gasteiger partial charge in [0, 0.05) is 25.2 Å². The third kappa shape index (κ3) is 5.20. The molecule has 4 amide bonds. The monoisotopic (exact) mass is 511 g/mol. The predicted octanol–water partition coefficient (Wildman–Crippen LogP) is 3.63. The molecule has 0 aromatic heterocycles. The molecule has 3 atom stereocenters. The number of nitrogens with one attached hydrogen (secondary N) is 1.